The van der Waals surface area contributed by atoms with Crippen molar-refractivity contribution in [2.24, 2.45) is 0 Å². The number of hydrogen-bond donors (Lipinski definition) is 1. The summed E-state index contributed by atoms with van der Waals surface area (Å²) in [6.45, 7) is 0. The van der Waals surface area contributed by atoms with E-state index >= 15 is 0 Å². The zero-order valence-electron chi connectivity index (χ0n) is 6.45. The van der Waals surface area contributed by atoms with Crippen LogP contribution in [0.15, 0.2) is 22.1 Å². The molecule has 0 unspecified atom stereocenters. The average Bonchev–Trinajstić information content (AvgIpc) is 2.71. The second-order valence-corrected chi connectivity index (χ2v) is 4.87. The number of hydrogen-bond acceptors (Lipinski definition) is 3. The Morgan fingerprint density at radius 1 is 1.54 bits per heavy atom. The number of halogens is 1. The fourth-order valence-electron chi connectivity index (χ4n) is 0.962. The Labute approximate surface area is 87.0 Å². The Morgan fingerprint density at radius 2 is 2.38 bits per heavy atom. The molecule has 2 aromatic rings. The van der Waals surface area contributed by atoms with Gasteiger partial charge in [0.25, 0.3) is 0 Å². The van der Waals surface area contributed by atoms with E-state index in [4.69, 9.17) is 0 Å². The van der Waals surface area contributed by atoms with E-state index in [2.05, 4.69) is 25.9 Å². The summed E-state index contributed by atoms with van der Waals surface area (Å²) in [7, 11) is 0. The van der Waals surface area contributed by atoms with E-state index in [0.717, 1.165) is 20.8 Å². The molecule has 66 valence electrons. The van der Waals surface area contributed by atoms with Crippen molar-refractivity contribution in [2.75, 3.05) is 0 Å². The first-order chi connectivity index (χ1) is 6.29. The molecule has 2 aromatic heterocycles. The van der Waals surface area contributed by atoms with Crippen molar-refractivity contribution in [1.29, 1.82) is 0 Å². The molecular weight excluding hydrogens is 252 g/mol. The maximum atomic E-state index is 10.4. The van der Waals surface area contributed by atoms with Gasteiger partial charge in [-0.25, -0.2) is 4.98 Å². The third kappa shape index (κ3) is 1.71. The molecule has 0 radical (unpaired) electrons. The molecule has 2 heterocycles. The molecule has 3 nitrogen and oxygen atoms in total. The van der Waals surface area contributed by atoms with E-state index in [1.165, 1.54) is 6.20 Å². The first-order valence-corrected chi connectivity index (χ1v) is 5.16. The van der Waals surface area contributed by atoms with Gasteiger partial charge in [0.05, 0.1) is 20.6 Å². The summed E-state index contributed by atoms with van der Waals surface area (Å²) in [5, 5.41) is 0. The Balaban J connectivity index is 2.40. The summed E-state index contributed by atoms with van der Waals surface area (Å²) in [6, 6.07) is 3.89. The van der Waals surface area contributed by atoms with Gasteiger partial charge in [-0.15, -0.1) is 11.3 Å². The number of aromatic amines is 1. The second kappa shape index (κ2) is 3.43. The van der Waals surface area contributed by atoms with Crippen LogP contribution in [0.25, 0.3) is 10.7 Å². The maximum absolute atomic E-state index is 10.4. The summed E-state index contributed by atoms with van der Waals surface area (Å²) >= 11 is 4.93. The summed E-state index contributed by atoms with van der Waals surface area (Å²) in [5.74, 6) is 0.734. The van der Waals surface area contributed by atoms with Crippen LogP contribution in [-0.4, -0.2) is 16.3 Å². The van der Waals surface area contributed by atoms with Crippen LogP contribution in [0.4, 0.5) is 0 Å². The molecule has 13 heavy (non-hydrogen) atoms. The van der Waals surface area contributed by atoms with Crippen LogP contribution in [0, 0.1) is 0 Å². The van der Waals surface area contributed by atoms with Crippen LogP contribution in [-0.2, 0) is 0 Å². The van der Waals surface area contributed by atoms with Gasteiger partial charge in [-0.3, -0.25) is 4.79 Å². The first kappa shape index (κ1) is 8.65. The van der Waals surface area contributed by atoms with Crippen molar-refractivity contribution in [3.8, 4) is 10.7 Å². The van der Waals surface area contributed by atoms with Crippen LogP contribution in [0.1, 0.15) is 10.5 Å². The number of rotatable bonds is 2. The second-order valence-electron chi connectivity index (χ2n) is 2.41. The minimum Gasteiger partial charge on any atom is -0.335 e. The monoisotopic (exact) mass is 256 g/mol. The molecule has 0 saturated heterocycles. The molecule has 0 spiro atoms. The van der Waals surface area contributed by atoms with Gasteiger partial charge >= 0.3 is 0 Å². The molecule has 0 atom stereocenters. The van der Waals surface area contributed by atoms with Gasteiger partial charge in [0, 0.05) is 0 Å². The van der Waals surface area contributed by atoms with Gasteiger partial charge in [0.2, 0.25) is 0 Å². The van der Waals surface area contributed by atoms with Crippen LogP contribution < -0.4 is 0 Å². The largest absolute Gasteiger partial charge is 0.335 e. The van der Waals surface area contributed by atoms with Crippen LogP contribution in [0.5, 0.6) is 0 Å². The summed E-state index contributed by atoms with van der Waals surface area (Å²) in [4.78, 5) is 18.4. The lowest BCUT2D eigenvalue weighted by Gasteiger charge is -1.86. The number of aldehydes is 1. The van der Waals surface area contributed by atoms with E-state index in [1.54, 1.807) is 11.3 Å². The van der Waals surface area contributed by atoms with Gasteiger partial charge in [-0.05, 0) is 28.1 Å². The minimum absolute atomic E-state index is 0.500. The number of aromatic nitrogens is 2. The van der Waals surface area contributed by atoms with Gasteiger partial charge in [0.1, 0.15) is 5.82 Å². The highest BCUT2D eigenvalue weighted by Crippen LogP contribution is 2.28. The number of nitrogens with zero attached hydrogens (tertiary/aromatic N) is 1. The van der Waals surface area contributed by atoms with Crippen molar-refractivity contribution in [3.05, 3.63) is 27.8 Å². The number of carbonyl (C=O) groups excluding carboxylic acids is 1. The van der Waals surface area contributed by atoms with Gasteiger partial charge in [-0.1, -0.05) is 0 Å². The van der Waals surface area contributed by atoms with Crippen LogP contribution in [0.3, 0.4) is 0 Å². The Morgan fingerprint density at radius 3 is 2.92 bits per heavy atom. The molecule has 0 amide bonds. The number of carbonyl (C=O) groups is 1. The topological polar surface area (TPSA) is 45.8 Å². The molecule has 0 fully saturated rings. The zero-order valence-corrected chi connectivity index (χ0v) is 8.85. The average molecular weight is 257 g/mol. The van der Waals surface area contributed by atoms with Crippen molar-refractivity contribution >= 4 is 33.6 Å². The molecular formula is C8H5BrN2OS. The number of imidazole rings is 1. The van der Waals surface area contributed by atoms with Crippen molar-refractivity contribution in [3.63, 3.8) is 0 Å². The highest BCUT2D eigenvalue weighted by molar-refractivity contribution is 9.11. The van der Waals surface area contributed by atoms with Crippen LogP contribution >= 0.6 is 27.3 Å². The standard InChI is InChI=1S/C8H5BrN2OS/c9-7-2-1-6(13-7)8-10-3-5(4-12)11-8/h1-4H,(H,10,11). The smallest absolute Gasteiger partial charge is 0.167 e. The summed E-state index contributed by atoms with van der Waals surface area (Å²) < 4.78 is 1.05. The fraction of sp³-hybridized carbons (Fsp3) is 0. The number of H-pyrrole nitrogens is 1. The van der Waals surface area contributed by atoms with Crippen molar-refractivity contribution < 1.29 is 4.79 Å². The normalized spacial score (nSPS) is 10.2. The Bertz CT molecular complexity index is 435. The Kier molecular flexibility index (Phi) is 2.28. The molecule has 0 aliphatic carbocycles. The van der Waals surface area contributed by atoms with E-state index in [0.29, 0.717) is 5.69 Å². The SMILES string of the molecule is O=Cc1cnc(-c2ccc(Br)s2)[nH]1. The highest BCUT2D eigenvalue weighted by Gasteiger charge is 2.04. The van der Waals surface area contributed by atoms with Gasteiger partial charge < -0.3 is 4.98 Å². The lowest BCUT2D eigenvalue weighted by atomic mass is 10.4. The lowest BCUT2D eigenvalue weighted by Crippen LogP contribution is -1.77. The minimum atomic E-state index is 0.500. The first-order valence-electron chi connectivity index (χ1n) is 3.55. The van der Waals surface area contributed by atoms with E-state index in [1.807, 2.05) is 12.1 Å². The number of thiophene rings is 1. The predicted molar refractivity (Wildman–Crippen MR) is 55.0 cm³/mol. The zero-order chi connectivity index (χ0) is 9.26. The molecule has 1 N–H and O–H groups in total. The van der Waals surface area contributed by atoms with Crippen molar-refractivity contribution in [1.82, 2.24) is 9.97 Å². The quantitative estimate of drug-likeness (QED) is 0.841. The summed E-state index contributed by atoms with van der Waals surface area (Å²) in [5.41, 5.74) is 0.500. The Hall–Kier alpha value is -0.940. The predicted octanol–water partition coefficient (Wildman–Crippen LogP) is 2.71. The third-order valence-corrected chi connectivity index (χ3v) is 3.16. The third-order valence-electron chi connectivity index (χ3n) is 1.53. The molecule has 2 rings (SSSR count). The maximum Gasteiger partial charge on any atom is 0.167 e. The van der Waals surface area contributed by atoms with E-state index in [9.17, 15) is 4.79 Å². The molecule has 0 aliphatic heterocycles. The van der Waals surface area contributed by atoms with Gasteiger partial charge in [0.15, 0.2) is 6.29 Å². The molecule has 0 aliphatic rings. The fourth-order valence-corrected chi connectivity index (χ4v) is 2.30. The highest BCUT2D eigenvalue weighted by atomic mass is 79.9. The van der Waals surface area contributed by atoms with Crippen LogP contribution in [0.2, 0.25) is 0 Å². The molecule has 0 saturated carbocycles. The lowest BCUT2D eigenvalue weighted by molar-refractivity contribution is 0.111. The van der Waals surface area contributed by atoms with Gasteiger partial charge in [-0.2, -0.15) is 0 Å². The summed E-state index contributed by atoms with van der Waals surface area (Å²) in [6.07, 6.45) is 2.27. The van der Waals surface area contributed by atoms with E-state index < -0.39 is 0 Å². The molecule has 5 heteroatoms. The number of nitrogens with one attached hydrogen (secondary N) is 1. The van der Waals surface area contributed by atoms with E-state index in [-0.39, 0.29) is 0 Å². The molecule has 0 aromatic carbocycles. The van der Waals surface area contributed by atoms with Crippen molar-refractivity contribution in [2.45, 2.75) is 0 Å². The molecule has 0 bridgehead atoms.